The smallest absolute Gasteiger partial charge is 0.252 e. The maximum atomic E-state index is 12.8. The molecular weight excluding hydrogens is 374 g/mol. The number of piperidine rings is 1. The third-order valence-electron chi connectivity index (χ3n) is 6.08. The molecule has 146 valence electrons. The lowest BCUT2D eigenvalue weighted by Crippen LogP contribution is -2.64. The van der Waals surface area contributed by atoms with E-state index in [9.17, 15) is 9.59 Å². The molecule has 0 aliphatic carbocycles. The largest absolute Gasteiger partial charge is 0.368 e. The van der Waals surface area contributed by atoms with Gasteiger partial charge in [0.2, 0.25) is 5.91 Å². The number of hydrogen-bond acceptors (Lipinski definition) is 3. The van der Waals surface area contributed by atoms with Crippen molar-refractivity contribution in [3.05, 3.63) is 70.7 Å². The molecule has 0 spiro atoms. The van der Waals surface area contributed by atoms with E-state index in [1.54, 1.807) is 24.3 Å². The third-order valence-corrected chi connectivity index (χ3v) is 6.33. The monoisotopic (exact) mass is 397 g/mol. The van der Waals surface area contributed by atoms with Crippen LogP contribution in [0.3, 0.4) is 0 Å². The number of nitrogens with two attached hydrogens (primary N) is 1. The van der Waals surface area contributed by atoms with Crippen molar-refractivity contribution in [2.45, 2.75) is 49.9 Å². The van der Waals surface area contributed by atoms with Gasteiger partial charge in [0.15, 0.2) is 0 Å². The first-order chi connectivity index (χ1) is 13.5. The molecule has 5 nitrogen and oxygen atoms in total. The summed E-state index contributed by atoms with van der Waals surface area (Å²) >= 11 is 5.90. The molecule has 2 aliphatic rings. The Balaban J connectivity index is 1.52. The number of nitrogens with zero attached hydrogens (tertiary/aromatic N) is 1. The summed E-state index contributed by atoms with van der Waals surface area (Å²) in [5.74, 6) is -0.738. The lowest BCUT2D eigenvalue weighted by molar-refractivity contribution is -0.127. The van der Waals surface area contributed by atoms with Crippen LogP contribution in [-0.2, 0) is 11.3 Å². The van der Waals surface area contributed by atoms with Gasteiger partial charge in [-0.2, -0.15) is 0 Å². The van der Waals surface area contributed by atoms with E-state index in [4.69, 9.17) is 17.3 Å². The van der Waals surface area contributed by atoms with Crippen LogP contribution >= 0.6 is 11.6 Å². The summed E-state index contributed by atoms with van der Waals surface area (Å²) in [6.07, 6.45) is 3.13. The number of hydrogen-bond donors (Lipinski definition) is 2. The van der Waals surface area contributed by atoms with Gasteiger partial charge >= 0.3 is 0 Å². The van der Waals surface area contributed by atoms with Crippen LogP contribution in [-0.4, -0.2) is 34.3 Å². The van der Waals surface area contributed by atoms with Gasteiger partial charge < -0.3 is 11.1 Å². The summed E-state index contributed by atoms with van der Waals surface area (Å²) < 4.78 is 0. The summed E-state index contributed by atoms with van der Waals surface area (Å²) in [5, 5.41) is 3.53. The average Bonchev–Trinajstić information content (AvgIpc) is 2.92. The zero-order chi connectivity index (χ0) is 19.7. The van der Waals surface area contributed by atoms with E-state index < -0.39 is 11.4 Å². The van der Waals surface area contributed by atoms with Gasteiger partial charge in [0.05, 0.1) is 0 Å². The topological polar surface area (TPSA) is 75.4 Å². The highest BCUT2D eigenvalue weighted by Crippen LogP contribution is 2.41. The van der Waals surface area contributed by atoms with Crippen molar-refractivity contribution in [3.63, 3.8) is 0 Å². The molecule has 2 saturated heterocycles. The molecule has 28 heavy (non-hydrogen) atoms. The molecule has 2 aromatic carbocycles. The second-order valence-corrected chi connectivity index (χ2v) is 8.29. The molecule has 2 heterocycles. The first kappa shape index (κ1) is 19.0. The molecule has 2 fully saturated rings. The number of primary amides is 1. The molecule has 0 saturated carbocycles. The normalized spacial score (nSPS) is 26.8. The Hall–Kier alpha value is -2.37. The standard InChI is InChI=1S/C22H24ClN3O2/c23-17-8-6-16(7-9-17)20(27)25-22(21(24)28)12-18-10-11-19(13-22)26(18)14-15-4-2-1-3-5-15/h1-9,18-19H,10-14H2,(H2,24,28)(H,25,27)/t18-,19+,22?. The molecule has 0 radical (unpaired) electrons. The van der Waals surface area contributed by atoms with Crippen molar-refractivity contribution in [1.29, 1.82) is 0 Å². The second-order valence-electron chi connectivity index (χ2n) is 7.86. The minimum absolute atomic E-state index is 0.233. The predicted molar refractivity (Wildman–Crippen MR) is 109 cm³/mol. The van der Waals surface area contributed by atoms with Gasteiger partial charge in [0.1, 0.15) is 5.54 Å². The molecule has 6 heteroatoms. The Morgan fingerprint density at radius 3 is 2.21 bits per heavy atom. The van der Waals surface area contributed by atoms with Crippen LogP contribution in [0.5, 0.6) is 0 Å². The molecule has 4 rings (SSSR count). The molecule has 0 aromatic heterocycles. The van der Waals surface area contributed by atoms with Crippen molar-refractivity contribution in [1.82, 2.24) is 10.2 Å². The zero-order valence-corrected chi connectivity index (χ0v) is 16.4. The zero-order valence-electron chi connectivity index (χ0n) is 15.6. The minimum Gasteiger partial charge on any atom is -0.368 e. The second kappa shape index (κ2) is 7.57. The number of benzene rings is 2. The summed E-state index contributed by atoms with van der Waals surface area (Å²) in [6, 6.07) is 17.5. The van der Waals surface area contributed by atoms with E-state index in [1.807, 2.05) is 18.2 Å². The number of nitrogens with one attached hydrogen (secondary N) is 1. The van der Waals surface area contributed by atoms with Gasteiger partial charge in [-0.1, -0.05) is 41.9 Å². The highest BCUT2D eigenvalue weighted by molar-refractivity contribution is 6.30. The minimum atomic E-state index is -1.00. The number of carbonyl (C=O) groups excluding carboxylic acids is 2. The first-order valence-electron chi connectivity index (χ1n) is 9.64. The van der Waals surface area contributed by atoms with E-state index in [1.165, 1.54) is 5.56 Å². The fourth-order valence-corrected chi connectivity index (χ4v) is 4.78. The summed E-state index contributed by atoms with van der Waals surface area (Å²) in [7, 11) is 0. The Kier molecular flexibility index (Phi) is 5.13. The van der Waals surface area contributed by atoms with Gasteiger partial charge in [-0.3, -0.25) is 14.5 Å². The number of halogens is 1. The summed E-state index contributed by atoms with van der Waals surface area (Å²) in [4.78, 5) is 27.7. The van der Waals surface area contributed by atoms with Crippen LogP contribution < -0.4 is 11.1 Å². The molecule has 2 bridgehead atoms. The van der Waals surface area contributed by atoms with Gasteiger partial charge in [-0.05, 0) is 55.5 Å². The van der Waals surface area contributed by atoms with Crippen LogP contribution in [0.4, 0.5) is 0 Å². The van der Waals surface area contributed by atoms with Crippen LogP contribution in [0.25, 0.3) is 0 Å². The van der Waals surface area contributed by atoms with Gasteiger partial charge in [-0.25, -0.2) is 0 Å². The molecule has 3 atom stereocenters. The number of fused-ring (bicyclic) bond motifs is 2. The molecule has 2 aromatic rings. The summed E-state index contributed by atoms with van der Waals surface area (Å²) in [5.41, 5.74) is 6.54. The van der Waals surface area contributed by atoms with Crippen LogP contribution in [0.1, 0.15) is 41.6 Å². The number of carbonyl (C=O) groups is 2. The Labute approximate surface area is 169 Å². The van der Waals surface area contributed by atoms with Gasteiger partial charge in [0.25, 0.3) is 5.91 Å². The highest BCUT2D eigenvalue weighted by Gasteiger charge is 2.52. The van der Waals surface area contributed by atoms with Crippen molar-refractivity contribution in [2.75, 3.05) is 0 Å². The lowest BCUT2D eigenvalue weighted by Gasteiger charge is -2.45. The average molecular weight is 398 g/mol. The summed E-state index contributed by atoms with van der Waals surface area (Å²) in [6.45, 7) is 0.857. The predicted octanol–water partition coefficient (Wildman–Crippen LogP) is 3.12. The van der Waals surface area contributed by atoms with E-state index in [0.29, 0.717) is 23.4 Å². The van der Waals surface area contributed by atoms with Crippen LogP contribution in [0, 0.1) is 0 Å². The van der Waals surface area contributed by atoms with Crippen molar-refractivity contribution < 1.29 is 9.59 Å². The van der Waals surface area contributed by atoms with Crippen LogP contribution in [0.2, 0.25) is 5.02 Å². The fourth-order valence-electron chi connectivity index (χ4n) is 4.65. The lowest BCUT2D eigenvalue weighted by atomic mass is 9.81. The molecule has 1 unspecified atom stereocenters. The van der Waals surface area contributed by atoms with E-state index in [-0.39, 0.29) is 18.0 Å². The highest BCUT2D eigenvalue weighted by atomic mass is 35.5. The number of amides is 2. The first-order valence-corrected chi connectivity index (χ1v) is 10.0. The van der Waals surface area contributed by atoms with Crippen molar-refractivity contribution in [3.8, 4) is 0 Å². The van der Waals surface area contributed by atoms with Crippen molar-refractivity contribution in [2.24, 2.45) is 5.73 Å². The van der Waals surface area contributed by atoms with Crippen LogP contribution in [0.15, 0.2) is 54.6 Å². The van der Waals surface area contributed by atoms with E-state index in [2.05, 4.69) is 22.3 Å². The molecule has 3 N–H and O–H groups in total. The van der Waals surface area contributed by atoms with Crippen molar-refractivity contribution >= 4 is 23.4 Å². The Morgan fingerprint density at radius 2 is 1.64 bits per heavy atom. The fraction of sp³-hybridized carbons (Fsp3) is 0.364. The third kappa shape index (κ3) is 3.64. The number of rotatable bonds is 5. The Bertz CT molecular complexity index is 855. The molecule has 2 amide bonds. The van der Waals surface area contributed by atoms with E-state index in [0.717, 1.165) is 19.4 Å². The maximum absolute atomic E-state index is 12.8. The molecule has 2 aliphatic heterocycles. The maximum Gasteiger partial charge on any atom is 0.252 e. The molecular formula is C22H24ClN3O2. The van der Waals surface area contributed by atoms with E-state index >= 15 is 0 Å². The van der Waals surface area contributed by atoms with Gasteiger partial charge in [-0.15, -0.1) is 0 Å². The quantitative estimate of drug-likeness (QED) is 0.813. The Morgan fingerprint density at radius 1 is 1.04 bits per heavy atom. The van der Waals surface area contributed by atoms with Gasteiger partial charge in [0, 0.05) is 29.2 Å². The SMILES string of the molecule is NC(=O)C1(NC(=O)c2ccc(Cl)cc2)C[C@H]2CC[C@@H](C1)N2Cc1ccccc1.